The molecule has 0 spiro atoms. The summed E-state index contributed by atoms with van der Waals surface area (Å²) in [7, 11) is 1.82. The number of anilines is 2. The van der Waals surface area contributed by atoms with E-state index in [1.165, 1.54) is 0 Å². The highest BCUT2D eigenvalue weighted by Gasteiger charge is 2.35. The molecule has 1 N–H and O–H groups in total. The van der Waals surface area contributed by atoms with Crippen LogP contribution in [0, 0.1) is 0 Å². The number of nitrogens with zero attached hydrogens (tertiary/aromatic N) is 1. The van der Waals surface area contributed by atoms with E-state index in [4.69, 9.17) is 0 Å². The molecule has 1 aliphatic heterocycles. The van der Waals surface area contributed by atoms with Crippen LogP contribution in [0.2, 0.25) is 0 Å². The predicted octanol–water partition coefficient (Wildman–Crippen LogP) is 2.96. The molecule has 2 rings (SSSR count). The quantitative estimate of drug-likeness (QED) is 0.834. The Morgan fingerprint density at radius 3 is 2.88 bits per heavy atom. The van der Waals surface area contributed by atoms with E-state index >= 15 is 0 Å². The molecule has 1 aliphatic rings. The van der Waals surface area contributed by atoms with Gasteiger partial charge in [0.05, 0.1) is 6.54 Å². The smallest absolute Gasteiger partial charge is 0.265 e. The van der Waals surface area contributed by atoms with E-state index in [1.54, 1.807) is 4.90 Å². The molecule has 4 heteroatoms. The number of rotatable bonds is 2. The first-order chi connectivity index (χ1) is 7.61. The fourth-order valence-electron chi connectivity index (χ4n) is 2.04. The summed E-state index contributed by atoms with van der Waals surface area (Å²) in [6.07, 6.45) is 0.562. The molecule has 0 amide bonds. The molecular formula is C12H16F2N2. The molecule has 0 unspecified atom stereocenters. The van der Waals surface area contributed by atoms with Gasteiger partial charge in [-0.1, -0.05) is 6.07 Å². The van der Waals surface area contributed by atoms with Crippen molar-refractivity contribution >= 4 is 11.4 Å². The molecular weight excluding hydrogens is 210 g/mol. The topological polar surface area (TPSA) is 15.3 Å². The molecule has 2 nitrogen and oxygen atoms in total. The van der Waals surface area contributed by atoms with Gasteiger partial charge in [0.2, 0.25) is 0 Å². The Labute approximate surface area is 94.3 Å². The van der Waals surface area contributed by atoms with Gasteiger partial charge in [0, 0.05) is 31.4 Å². The monoisotopic (exact) mass is 226 g/mol. The third kappa shape index (κ3) is 2.43. The van der Waals surface area contributed by atoms with Gasteiger partial charge < -0.3 is 10.2 Å². The molecule has 1 aromatic carbocycles. The van der Waals surface area contributed by atoms with Crippen LogP contribution in [0.3, 0.4) is 0 Å². The van der Waals surface area contributed by atoms with Crippen LogP contribution in [0.15, 0.2) is 24.3 Å². The number of hydrogen-bond acceptors (Lipinski definition) is 2. The fourth-order valence-corrected chi connectivity index (χ4v) is 2.04. The Hall–Kier alpha value is -1.32. The molecule has 0 aliphatic carbocycles. The van der Waals surface area contributed by atoms with Crippen LogP contribution in [0.25, 0.3) is 0 Å². The lowest BCUT2D eigenvalue weighted by molar-refractivity contribution is -0.0116. The first-order valence-corrected chi connectivity index (χ1v) is 5.51. The van der Waals surface area contributed by atoms with Crippen molar-refractivity contribution in [1.29, 1.82) is 0 Å². The van der Waals surface area contributed by atoms with Crippen LogP contribution in [0.4, 0.5) is 20.2 Å². The van der Waals surface area contributed by atoms with Gasteiger partial charge in [-0.05, 0) is 24.6 Å². The summed E-state index contributed by atoms with van der Waals surface area (Å²) in [5.41, 5.74) is 1.82. The van der Waals surface area contributed by atoms with E-state index in [9.17, 15) is 8.78 Å². The molecule has 0 atom stereocenters. The van der Waals surface area contributed by atoms with Crippen molar-refractivity contribution in [3.05, 3.63) is 24.3 Å². The SMILES string of the molecule is CNc1cccc(N2CCCC(F)(F)C2)c1. The molecule has 1 fully saturated rings. The minimum absolute atomic E-state index is 0.00915. The molecule has 88 valence electrons. The van der Waals surface area contributed by atoms with E-state index in [1.807, 2.05) is 31.3 Å². The van der Waals surface area contributed by atoms with E-state index in [-0.39, 0.29) is 13.0 Å². The standard InChI is InChI=1S/C12H16F2N2/c1-15-10-4-2-5-11(8-10)16-7-3-6-12(13,14)9-16/h2,4-5,8,15H,3,6-7,9H2,1H3. The number of piperidine rings is 1. The van der Waals surface area contributed by atoms with Crippen LogP contribution in [-0.4, -0.2) is 26.1 Å². The average molecular weight is 226 g/mol. The lowest BCUT2D eigenvalue weighted by atomic mass is 10.1. The first kappa shape index (κ1) is 11.2. The zero-order chi connectivity index (χ0) is 11.6. The zero-order valence-electron chi connectivity index (χ0n) is 9.34. The van der Waals surface area contributed by atoms with Crippen molar-refractivity contribution in [2.24, 2.45) is 0 Å². The van der Waals surface area contributed by atoms with Crippen LogP contribution in [-0.2, 0) is 0 Å². The molecule has 0 aromatic heterocycles. The van der Waals surface area contributed by atoms with E-state index in [0.717, 1.165) is 11.4 Å². The molecule has 16 heavy (non-hydrogen) atoms. The second-order valence-electron chi connectivity index (χ2n) is 4.18. The van der Waals surface area contributed by atoms with Crippen molar-refractivity contribution in [2.45, 2.75) is 18.8 Å². The normalized spacial score (nSPS) is 19.6. The highest BCUT2D eigenvalue weighted by Crippen LogP contribution is 2.30. The van der Waals surface area contributed by atoms with Gasteiger partial charge in [0.1, 0.15) is 0 Å². The Morgan fingerprint density at radius 1 is 1.38 bits per heavy atom. The predicted molar refractivity (Wildman–Crippen MR) is 62.4 cm³/mol. The summed E-state index contributed by atoms with van der Waals surface area (Å²) in [5.74, 6) is -2.55. The van der Waals surface area contributed by atoms with Crippen molar-refractivity contribution in [3.63, 3.8) is 0 Å². The summed E-state index contributed by atoms with van der Waals surface area (Å²) >= 11 is 0. The van der Waals surface area contributed by atoms with E-state index < -0.39 is 5.92 Å². The Morgan fingerprint density at radius 2 is 2.19 bits per heavy atom. The molecule has 0 saturated carbocycles. The number of nitrogens with one attached hydrogen (secondary N) is 1. The van der Waals surface area contributed by atoms with Gasteiger partial charge >= 0.3 is 0 Å². The Kier molecular flexibility index (Phi) is 2.99. The van der Waals surface area contributed by atoms with Gasteiger partial charge in [-0.3, -0.25) is 0 Å². The summed E-state index contributed by atoms with van der Waals surface area (Å²) in [6, 6.07) is 7.59. The van der Waals surface area contributed by atoms with Gasteiger partial charge in [0.15, 0.2) is 0 Å². The summed E-state index contributed by atoms with van der Waals surface area (Å²) in [6.45, 7) is 0.545. The lowest BCUT2D eigenvalue weighted by Gasteiger charge is -2.34. The van der Waals surface area contributed by atoms with E-state index in [0.29, 0.717) is 13.0 Å². The van der Waals surface area contributed by atoms with Crippen LogP contribution in [0.5, 0.6) is 0 Å². The zero-order valence-corrected chi connectivity index (χ0v) is 9.34. The molecule has 0 radical (unpaired) electrons. The maximum atomic E-state index is 13.3. The minimum atomic E-state index is -2.55. The van der Waals surface area contributed by atoms with Gasteiger partial charge in [-0.2, -0.15) is 0 Å². The Balaban J connectivity index is 2.16. The number of halogens is 2. The van der Waals surface area contributed by atoms with E-state index in [2.05, 4.69) is 5.32 Å². The molecule has 0 bridgehead atoms. The summed E-state index contributed by atoms with van der Waals surface area (Å²) < 4.78 is 26.5. The third-order valence-corrected chi connectivity index (χ3v) is 2.89. The molecule has 1 aromatic rings. The van der Waals surface area contributed by atoms with Crippen molar-refractivity contribution in [2.75, 3.05) is 30.4 Å². The highest BCUT2D eigenvalue weighted by molar-refractivity contribution is 5.58. The third-order valence-electron chi connectivity index (χ3n) is 2.89. The maximum Gasteiger partial charge on any atom is 0.265 e. The second kappa shape index (κ2) is 4.28. The number of alkyl halides is 2. The molecule has 1 saturated heterocycles. The largest absolute Gasteiger partial charge is 0.388 e. The van der Waals surface area contributed by atoms with Crippen LogP contribution in [0.1, 0.15) is 12.8 Å². The van der Waals surface area contributed by atoms with Crippen molar-refractivity contribution < 1.29 is 8.78 Å². The number of benzene rings is 1. The number of hydrogen-bond donors (Lipinski definition) is 1. The van der Waals surface area contributed by atoms with Crippen molar-refractivity contribution in [3.8, 4) is 0 Å². The Bertz CT molecular complexity index is 366. The van der Waals surface area contributed by atoms with Gasteiger partial charge in [-0.15, -0.1) is 0 Å². The average Bonchev–Trinajstić information content (AvgIpc) is 2.28. The summed E-state index contributed by atoms with van der Waals surface area (Å²) in [4.78, 5) is 1.75. The van der Waals surface area contributed by atoms with Gasteiger partial charge in [0.25, 0.3) is 5.92 Å². The fraction of sp³-hybridized carbons (Fsp3) is 0.500. The van der Waals surface area contributed by atoms with Crippen LogP contribution >= 0.6 is 0 Å². The van der Waals surface area contributed by atoms with Gasteiger partial charge in [-0.25, -0.2) is 8.78 Å². The highest BCUT2D eigenvalue weighted by atomic mass is 19.3. The first-order valence-electron chi connectivity index (χ1n) is 5.51. The minimum Gasteiger partial charge on any atom is -0.388 e. The second-order valence-corrected chi connectivity index (χ2v) is 4.18. The maximum absolute atomic E-state index is 13.3. The molecule has 1 heterocycles. The van der Waals surface area contributed by atoms with Crippen molar-refractivity contribution in [1.82, 2.24) is 0 Å². The summed E-state index contributed by atoms with van der Waals surface area (Å²) in [5, 5.41) is 3.01. The van der Waals surface area contributed by atoms with Crippen LogP contribution < -0.4 is 10.2 Å². The lowest BCUT2D eigenvalue weighted by Crippen LogP contribution is -2.42.